The van der Waals surface area contributed by atoms with Crippen LogP contribution in [0.3, 0.4) is 0 Å². The number of aromatic nitrogens is 4. The van der Waals surface area contributed by atoms with E-state index in [9.17, 15) is 14.4 Å². The Morgan fingerprint density at radius 3 is 2.63 bits per heavy atom. The summed E-state index contributed by atoms with van der Waals surface area (Å²) in [7, 11) is 1.64. The zero-order valence-corrected chi connectivity index (χ0v) is 32.8. The van der Waals surface area contributed by atoms with E-state index in [-0.39, 0.29) is 42.1 Å². The van der Waals surface area contributed by atoms with Crippen LogP contribution < -0.4 is 20.1 Å². The molecule has 54 heavy (non-hydrogen) atoms. The van der Waals surface area contributed by atoms with Crippen LogP contribution in [0.1, 0.15) is 106 Å². The van der Waals surface area contributed by atoms with E-state index in [1.165, 1.54) is 11.3 Å². The minimum absolute atomic E-state index is 0.0426. The standard InChI is InChI=1S/C41H51N7O5S/c1-23(2)33-22-54-40(45-33)32-20-36(28-14-15-35(52-6)25(5)37(28)42-32)53-27-19-34-39(50)44-31-18-26(31)12-10-8-7-9-11-13-30(41(51)47(34)21-27)43-38(49)29-16-17-48(46-29)24(3)4/h10,12,14-17,20,22-24,26-27,30-31,34H,7-9,11,13,18-19,21H2,1-6H3,(H,43,49)(H,44,50)/b12-10-/t26-,27-,30+,31?,34?/m1/s1. The molecular weight excluding hydrogens is 703 g/mol. The second-order valence-corrected chi connectivity index (χ2v) is 16.2. The zero-order chi connectivity index (χ0) is 38.1. The first-order valence-corrected chi connectivity index (χ1v) is 20.1. The van der Waals surface area contributed by atoms with Gasteiger partial charge in [-0.15, -0.1) is 11.3 Å². The molecule has 2 unspecified atom stereocenters. The Kier molecular flexibility index (Phi) is 11.1. The number of carbonyl (C=O) groups is 3. The third-order valence-electron chi connectivity index (χ3n) is 10.7. The van der Waals surface area contributed by atoms with E-state index in [0.29, 0.717) is 36.0 Å². The number of fused-ring (bicyclic) bond motifs is 3. The third-order valence-corrected chi connectivity index (χ3v) is 11.6. The van der Waals surface area contributed by atoms with Crippen LogP contribution in [0, 0.1) is 12.8 Å². The number of amides is 3. The summed E-state index contributed by atoms with van der Waals surface area (Å²) >= 11 is 1.54. The number of hydrogen-bond acceptors (Lipinski definition) is 9. The van der Waals surface area contributed by atoms with Crippen molar-refractivity contribution < 1.29 is 23.9 Å². The molecule has 0 spiro atoms. The van der Waals surface area contributed by atoms with Gasteiger partial charge in [0, 0.05) is 47.1 Å². The van der Waals surface area contributed by atoms with Crippen LogP contribution in [0.2, 0.25) is 0 Å². The van der Waals surface area contributed by atoms with Gasteiger partial charge >= 0.3 is 0 Å². The summed E-state index contributed by atoms with van der Waals surface area (Å²) in [5.41, 5.74) is 3.54. The molecule has 2 fully saturated rings. The molecule has 286 valence electrons. The SMILES string of the molecule is COc1ccc2c(O[C@@H]3CC4C(=O)NC5C[C@H]5/C=C\CCCCC[C@H](NC(=O)c5ccn(C(C)C)n5)C(=O)N4C3)cc(-c3nc(C(C)C)cs3)nc2c1C. The highest BCUT2D eigenvalue weighted by Gasteiger charge is 2.46. The van der Waals surface area contributed by atoms with Gasteiger partial charge in [-0.1, -0.05) is 38.8 Å². The first kappa shape index (κ1) is 37.5. The molecule has 2 aliphatic heterocycles. The van der Waals surface area contributed by atoms with Crippen molar-refractivity contribution in [1.82, 2.24) is 35.3 Å². The first-order valence-electron chi connectivity index (χ1n) is 19.2. The molecule has 3 aliphatic rings. The molecular formula is C41H51N7O5S. The van der Waals surface area contributed by atoms with Crippen molar-refractivity contribution in [1.29, 1.82) is 0 Å². The van der Waals surface area contributed by atoms with E-state index in [2.05, 4.69) is 47.1 Å². The predicted octanol–water partition coefficient (Wildman–Crippen LogP) is 6.75. The molecule has 3 aromatic heterocycles. The fourth-order valence-corrected chi connectivity index (χ4v) is 8.34. The summed E-state index contributed by atoms with van der Waals surface area (Å²) in [6, 6.07) is 5.96. The molecule has 1 saturated carbocycles. The number of allylic oxidation sites excluding steroid dienone is 1. The van der Waals surface area contributed by atoms with Gasteiger partial charge in [0.05, 0.1) is 24.9 Å². The van der Waals surface area contributed by atoms with Crippen LogP contribution in [0.15, 0.2) is 48.0 Å². The minimum atomic E-state index is -0.825. The van der Waals surface area contributed by atoms with Gasteiger partial charge < -0.3 is 25.0 Å². The minimum Gasteiger partial charge on any atom is -0.496 e. The Morgan fingerprint density at radius 1 is 1.06 bits per heavy atom. The van der Waals surface area contributed by atoms with E-state index in [1.54, 1.807) is 29.0 Å². The van der Waals surface area contributed by atoms with Gasteiger partial charge in [-0.25, -0.2) is 9.97 Å². The van der Waals surface area contributed by atoms with Crippen LogP contribution in [0.4, 0.5) is 0 Å². The van der Waals surface area contributed by atoms with Gasteiger partial charge in [0.15, 0.2) is 0 Å². The van der Waals surface area contributed by atoms with Gasteiger partial charge in [-0.3, -0.25) is 19.1 Å². The summed E-state index contributed by atoms with van der Waals surface area (Å²) < 4.78 is 14.2. The fraction of sp³-hybridized carbons (Fsp3) is 0.512. The number of rotatable bonds is 8. The number of carbonyl (C=O) groups excluding carboxylic acids is 3. The van der Waals surface area contributed by atoms with Gasteiger partial charge in [-0.05, 0) is 76.5 Å². The van der Waals surface area contributed by atoms with Crippen molar-refractivity contribution in [3.05, 3.63) is 64.9 Å². The summed E-state index contributed by atoms with van der Waals surface area (Å²) in [6.45, 7) is 10.4. The number of methoxy groups -OCH3 is 1. The van der Waals surface area contributed by atoms with Gasteiger partial charge in [-0.2, -0.15) is 5.10 Å². The summed E-state index contributed by atoms with van der Waals surface area (Å²) in [5.74, 6) is 0.991. The Bertz CT molecular complexity index is 2050. The molecule has 3 amide bonds. The maximum absolute atomic E-state index is 14.6. The van der Waals surface area contributed by atoms with Crippen molar-refractivity contribution in [2.24, 2.45) is 5.92 Å². The second kappa shape index (κ2) is 15.9. The number of aryl methyl sites for hydroxylation is 1. The second-order valence-electron chi connectivity index (χ2n) is 15.4. The van der Waals surface area contributed by atoms with Gasteiger partial charge in [0.2, 0.25) is 11.8 Å². The van der Waals surface area contributed by atoms with Crippen molar-refractivity contribution in [2.75, 3.05) is 13.7 Å². The van der Waals surface area contributed by atoms with Crippen molar-refractivity contribution >= 4 is 40.0 Å². The number of hydrogen-bond donors (Lipinski definition) is 2. The zero-order valence-electron chi connectivity index (χ0n) is 32.0. The number of thiazole rings is 1. The number of benzene rings is 1. The van der Waals surface area contributed by atoms with Crippen LogP contribution >= 0.6 is 11.3 Å². The van der Waals surface area contributed by atoms with Crippen LogP contribution in [-0.2, 0) is 9.59 Å². The maximum Gasteiger partial charge on any atom is 0.272 e. The van der Waals surface area contributed by atoms with E-state index in [1.807, 2.05) is 39.0 Å². The number of pyridine rings is 1. The van der Waals surface area contributed by atoms with Gasteiger partial charge in [0.1, 0.15) is 46.1 Å². The van der Waals surface area contributed by atoms with E-state index in [0.717, 1.165) is 59.3 Å². The highest BCUT2D eigenvalue weighted by Crippen LogP contribution is 2.38. The van der Waals surface area contributed by atoms with Crippen LogP contribution in [0.25, 0.3) is 21.6 Å². The Labute approximate surface area is 320 Å². The van der Waals surface area contributed by atoms with Crippen molar-refractivity contribution in [3.63, 3.8) is 0 Å². The molecule has 1 aliphatic carbocycles. The average Bonchev–Trinajstić information content (AvgIpc) is 3.57. The molecule has 5 atom stereocenters. The Balaban J connectivity index is 1.21. The number of ether oxygens (including phenoxy) is 2. The summed E-state index contributed by atoms with van der Waals surface area (Å²) in [4.78, 5) is 53.7. The van der Waals surface area contributed by atoms with E-state index in [4.69, 9.17) is 19.4 Å². The Hall–Kier alpha value is -4.78. The number of nitrogens with one attached hydrogen (secondary N) is 2. The average molecular weight is 754 g/mol. The Morgan fingerprint density at radius 2 is 1.89 bits per heavy atom. The molecule has 12 nitrogen and oxygen atoms in total. The van der Waals surface area contributed by atoms with Crippen LogP contribution in [0.5, 0.6) is 11.5 Å². The lowest BCUT2D eigenvalue weighted by Gasteiger charge is -2.28. The largest absolute Gasteiger partial charge is 0.496 e. The van der Waals surface area contributed by atoms with E-state index < -0.39 is 24.1 Å². The molecule has 0 bridgehead atoms. The summed E-state index contributed by atoms with van der Waals surface area (Å²) in [5, 5.41) is 14.3. The predicted molar refractivity (Wildman–Crippen MR) is 209 cm³/mol. The van der Waals surface area contributed by atoms with E-state index >= 15 is 0 Å². The fourth-order valence-electron chi connectivity index (χ4n) is 7.40. The van der Waals surface area contributed by atoms with Crippen LogP contribution in [-0.4, -0.2) is 80.3 Å². The highest BCUT2D eigenvalue weighted by atomic mass is 32.1. The molecule has 0 radical (unpaired) electrons. The molecule has 13 heteroatoms. The lowest BCUT2D eigenvalue weighted by Crippen LogP contribution is -2.54. The van der Waals surface area contributed by atoms with Gasteiger partial charge in [0.25, 0.3) is 5.91 Å². The maximum atomic E-state index is 14.6. The smallest absolute Gasteiger partial charge is 0.272 e. The summed E-state index contributed by atoms with van der Waals surface area (Å²) in [6.07, 6.45) is 10.9. The molecule has 7 rings (SSSR count). The monoisotopic (exact) mass is 753 g/mol. The molecule has 5 heterocycles. The lowest BCUT2D eigenvalue weighted by atomic mass is 10.0. The highest BCUT2D eigenvalue weighted by molar-refractivity contribution is 7.13. The third kappa shape index (κ3) is 8.01. The molecule has 2 N–H and O–H groups in total. The van der Waals surface area contributed by atoms with Crippen molar-refractivity contribution in [2.45, 2.75) is 116 Å². The molecule has 4 aromatic rings. The quantitative estimate of drug-likeness (QED) is 0.189. The molecule has 1 aromatic carbocycles. The van der Waals surface area contributed by atoms with Crippen molar-refractivity contribution in [3.8, 4) is 22.2 Å². The topological polar surface area (TPSA) is 141 Å². The number of nitrogens with zero attached hydrogens (tertiary/aromatic N) is 5. The first-order chi connectivity index (χ1) is 26.0. The normalized spacial score (nSPS) is 24.1. The lowest BCUT2D eigenvalue weighted by molar-refractivity contribution is -0.140. The molecule has 1 saturated heterocycles.